The summed E-state index contributed by atoms with van der Waals surface area (Å²) in [6, 6.07) is -3.13. The highest BCUT2D eigenvalue weighted by molar-refractivity contribution is 6.31. The van der Waals surface area contributed by atoms with Gasteiger partial charge in [0.15, 0.2) is 5.75 Å². The smallest absolute Gasteiger partial charge is 0.153 e. The fraction of sp³-hybridized carbons (Fsp3) is 0.278. The third kappa shape index (κ3) is 3.22. The lowest BCUT2D eigenvalue weighted by Crippen LogP contribution is -2.47. The summed E-state index contributed by atoms with van der Waals surface area (Å²) in [6.07, 6.45) is 0. The molecule has 0 aromatic heterocycles. The minimum atomic E-state index is -0.787. The van der Waals surface area contributed by atoms with E-state index >= 15 is 0 Å². The van der Waals surface area contributed by atoms with Crippen molar-refractivity contribution in [2.24, 2.45) is 4.99 Å². The third-order valence-corrected chi connectivity index (χ3v) is 3.82. The number of nitrogens with zero attached hydrogens (tertiary/aromatic N) is 3. The number of ether oxygens (including phenoxy) is 1. The van der Waals surface area contributed by atoms with E-state index in [-0.39, 0.29) is 52.1 Å². The first kappa shape index (κ1) is 9.66. The number of para-hydroxylation sites is 2. The Hall–Kier alpha value is -1.75. The van der Waals surface area contributed by atoms with Gasteiger partial charge in [0.05, 0.1) is 16.5 Å². The van der Waals surface area contributed by atoms with Gasteiger partial charge in [-0.2, -0.15) is 0 Å². The van der Waals surface area contributed by atoms with Crippen molar-refractivity contribution < 1.29 is 15.7 Å². The zero-order valence-electron chi connectivity index (χ0n) is 20.7. The normalized spacial score (nSPS) is 24.7. The van der Waals surface area contributed by atoms with Gasteiger partial charge in [0, 0.05) is 31.2 Å². The van der Waals surface area contributed by atoms with Gasteiger partial charge in [0.25, 0.3) is 0 Å². The summed E-state index contributed by atoms with van der Waals surface area (Å²) in [4.78, 5) is 8.01. The zero-order chi connectivity index (χ0) is 22.8. The van der Waals surface area contributed by atoms with E-state index in [1.807, 2.05) is 11.9 Å². The number of likely N-dealkylation sites (N-methyl/N-ethyl adjacent to an activating group) is 1. The van der Waals surface area contributed by atoms with Gasteiger partial charge >= 0.3 is 0 Å². The first-order valence-electron chi connectivity index (χ1n) is 11.2. The van der Waals surface area contributed by atoms with Crippen molar-refractivity contribution in [3.63, 3.8) is 0 Å². The monoisotopic (exact) mass is 371 g/mol. The first-order chi connectivity index (χ1) is 14.5. The van der Waals surface area contributed by atoms with Gasteiger partial charge in [-0.15, -0.1) is 12.4 Å². The number of amidine groups is 1. The summed E-state index contributed by atoms with van der Waals surface area (Å²) < 4.78 is 71.6. The second-order valence-corrected chi connectivity index (χ2v) is 5.62. The Morgan fingerprint density at radius 2 is 2.00 bits per heavy atom. The quantitative estimate of drug-likeness (QED) is 0.694. The predicted molar refractivity (Wildman–Crippen MR) is 100 cm³/mol. The van der Waals surface area contributed by atoms with Gasteiger partial charge in [-0.25, -0.2) is 4.99 Å². The van der Waals surface area contributed by atoms with Crippen LogP contribution in [0.25, 0.3) is 0 Å². The Morgan fingerprint density at radius 1 is 1.17 bits per heavy atom. The van der Waals surface area contributed by atoms with Crippen molar-refractivity contribution in [1.29, 1.82) is 0 Å². The van der Waals surface area contributed by atoms with Gasteiger partial charge in [-0.05, 0) is 37.3 Å². The highest BCUT2D eigenvalue weighted by Gasteiger charge is 2.25. The maximum Gasteiger partial charge on any atom is 0.153 e. The highest BCUT2D eigenvalue weighted by Crippen LogP contribution is 2.38. The standard InChI is InChI=1S/C18H18ClN3O.ClH/c1-21-8-10-22(11-9-21)18-14-12-13(19)6-7-16(14)23-17-5-3-2-4-15(17)20-18;/h2-7,12H,8-11H2,1H3;1H/i2D,3D,4D,5D,6D,7D,10D,12D;. The molecule has 0 aliphatic carbocycles. The van der Waals surface area contributed by atoms with E-state index in [2.05, 4.69) is 4.99 Å². The van der Waals surface area contributed by atoms with Crippen molar-refractivity contribution in [1.82, 2.24) is 9.80 Å². The molecule has 126 valence electrons. The summed E-state index contributed by atoms with van der Waals surface area (Å²) in [6.45, 7) is 0.539. The number of hydrogen-bond donors (Lipinski definition) is 0. The molecule has 0 spiro atoms. The molecule has 24 heavy (non-hydrogen) atoms. The lowest BCUT2D eigenvalue weighted by molar-refractivity contribution is 0.215. The van der Waals surface area contributed by atoms with Crippen LogP contribution in [0.15, 0.2) is 47.3 Å². The molecule has 0 radical (unpaired) electrons. The van der Waals surface area contributed by atoms with Gasteiger partial charge in [-0.1, -0.05) is 23.7 Å². The zero-order valence-corrected chi connectivity index (χ0v) is 14.3. The van der Waals surface area contributed by atoms with Crippen molar-refractivity contribution in [2.75, 3.05) is 33.2 Å². The van der Waals surface area contributed by atoms with Crippen molar-refractivity contribution in [3.05, 3.63) is 52.9 Å². The first-order valence-corrected chi connectivity index (χ1v) is 7.46. The van der Waals surface area contributed by atoms with Gasteiger partial charge in [0.2, 0.25) is 0 Å². The lowest BCUT2D eigenvalue weighted by atomic mass is 10.1. The van der Waals surface area contributed by atoms with Gasteiger partial charge in [-0.3, -0.25) is 0 Å². The molecule has 6 heteroatoms. The second kappa shape index (κ2) is 7.01. The Kier molecular flexibility index (Phi) is 2.82. The molecular formula is C18H19Cl2N3O. The average molecular weight is 372 g/mol. The summed E-state index contributed by atoms with van der Waals surface area (Å²) in [7, 11) is 1.87. The Morgan fingerprint density at radius 3 is 2.83 bits per heavy atom. The van der Waals surface area contributed by atoms with Crippen LogP contribution in [0.1, 0.15) is 16.5 Å². The summed E-state index contributed by atoms with van der Waals surface area (Å²) in [5, 5.41) is -0.277. The highest BCUT2D eigenvalue weighted by atomic mass is 35.5. The van der Waals surface area contributed by atoms with Crippen LogP contribution < -0.4 is 4.74 Å². The molecule has 4 rings (SSSR count). The summed E-state index contributed by atoms with van der Waals surface area (Å²) in [5.74, 6) is -0.479. The topological polar surface area (TPSA) is 28.1 Å². The van der Waals surface area contributed by atoms with E-state index in [1.54, 1.807) is 4.90 Å². The SMILES string of the molecule is Cl.[2H]c1c([2H])c([2H])c2c(c1[2H])N=C(N1CCN(C)CC1[2H])c1c([2H])c(Cl)c([2H])c([2H])c1O2. The van der Waals surface area contributed by atoms with Crippen LogP contribution in [0, 0.1) is 0 Å². The Labute approximate surface area is 164 Å². The van der Waals surface area contributed by atoms with Crippen LogP contribution >= 0.6 is 24.0 Å². The van der Waals surface area contributed by atoms with E-state index in [0.717, 1.165) is 0 Å². The number of halogens is 2. The fourth-order valence-electron chi connectivity index (χ4n) is 2.42. The molecule has 0 amide bonds. The molecule has 1 atom stereocenters. The van der Waals surface area contributed by atoms with Gasteiger partial charge < -0.3 is 14.5 Å². The van der Waals surface area contributed by atoms with E-state index < -0.39 is 42.8 Å². The van der Waals surface area contributed by atoms with Crippen LogP contribution in [-0.2, 0) is 0 Å². The fourth-order valence-corrected chi connectivity index (χ4v) is 2.56. The van der Waals surface area contributed by atoms with E-state index in [1.165, 1.54) is 0 Å². The number of piperazine rings is 1. The third-order valence-electron chi connectivity index (χ3n) is 3.64. The largest absolute Gasteiger partial charge is 0.454 e. The molecule has 0 N–H and O–H groups in total. The number of aliphatic imine (C=N–C) groups is 1. The average Bonchev–Trinajstić information content (AvgIpc) is 2.91. The number of fused-ring (bicyclic) bond motifs is 2. The molecule has 2 aliphatic heterocycles. The Bertz CT molecular complexity index is 1150. The van der Waals surface area contributed by atoms with Crippen LogP contribution in [0.3, 0.4) is 0 Å². The number of rotatable bonds is 0. The minimum Gasteiger partial charge on any atom is -0.454 e. The van der Waals surface area contributed by atoms with E-state index in [0.29, 0.717) is 19.6 Å². The van der Waals surface area contributed by atoms with E-state index in [4.69, 9.17) is 27.3 Å². The minimum absolute atomic E-state index is 0. The van der Waals surface area contributed by atoms with Gasteiger partial charge in [0.1, 0.15) is 17.3 Å². The molecule has 1 fully saturated rings. The summed E-state index contributed by atoms with van der Waals surface area (Å²) >= 11 is 6.15. The maximum absolute atomic E-state index is 8.52. The summed E-state index contributed by atoms with van der Waals surface area (Å²) in [5.41, 5.74) is -0.203. The molecule has 0 bridgehead atoms. The Balaban J connectivity index is 0.00000289. The molecule has 4 nitrogen and oxygen atoms in total. The molecule has 2 heterocycles. The lowest BCUT2D eigenvalue weighted by Gasteiger charge is -2.34. The van der Waals surface area contributed by atoms with Crippen LogP contribution in [0.2, 0.25) is 5.02 Å². The maximum atomic E-state index is 8.52. The van der Waals surface area contributed by atoms with Crippen LogP contribution in [0.4, 0.5) is 5.69 Å². The molecular weight excluding hydrogens is 345 g/mol. The van der Waals surface area contributed by atoms with Crippen LogP contribution in [0.5, 0.6) is 11.5 Å². The number of hydrogen-bond acceptors (Lipinski definition) is 4. The molecule has 1 saturated heterocycles. The number of benzene rings is 2. The predicted octanol–water partition coefficient (Wildman–Crippen LogP) is 4.19. The van der Waals surface area contributed by atoms with Crippen molar-refractivity contribution in [3.8, 4) is 11.5 Å². The van der Waals surface area contributed by atoms with E-state index in [9.17, 15) is 0 Å². The van der Waals surface area contributed by atoms with Crippen LogP contribution in [-0.4, -0.2) is 48.8 Å². The second-order valence-electron chi connectivity index (χ2n) is 5.25. The molecule has 2 aromatic carbocycles. The molecule has 1 unspecified atom stereocenters. The van der Waals surface area contributed by atoms with Crippen molar-refractivity contribution >= 4 is 35.5 Å². The molecule has 2 aliphatic rings. The molecule has 2 aromatic rings. The van der Waals surface area contributed by atoms with Crippen molar-refractivity contribution in [2.45, 2.75) is 0 Å². The molecule has 0 saturated carbocycles.